The van der Waals surface area contributed by atoms with Gasteiger partial charge in [0.05, 0.1) is 12.2 Å². The van der Waals surface area contributed by atoms with E-state index in [1.54, 1.807) is 13.0 Å². The summed E-state index contributed by atoms with van der Waals surface area (Å²) in [5.74, 6) is -0.316. The molecule has 0 unspecified atom stereocenters. The van der Waals surface area contributed by atoms with Crippen LogP contribution in [0.1, 0.15) is 34.1 Å². The standard InChI is InChI=1S/C11H18O3/c1-5-14-11(13)10(9(4)12)7-6-8(2)3/h7-8H,5-6H2,1-4H3. The molecule has 80 valence electrons. The maximum atomic E-state index is 11.3. The molecule has 14 heavy (non-hydrogen) atoms. The van der Waals surface area contributed by atoms with Crippen LogP contribution in [0.4, 0.5) is 0 Å². The average molecular weight is 198 g/mol. The monoisotopic (exact) mass is 198 g/mol. The maximum Gasteiger partial charge on any atom is 0.341 e. The van der Waals surface area contributed by atoms with Gasteiger partial charge in [0.2, 0.25) is 0 Å². The largest absolute Gasteiger partial charge is 0.462 e. The minimum atomic E-state index is -0.513. The Hall–Kier alpha value is -1.12. The molecule has 0 aliphatic rings. The first kappa shape index (κ1) is 12.9. The number of ether oxygens (including phenoxy) is 1. The van der Waals surface area contributed by atoms with E-state index in [1.807, 2.05) is 13.8 Å². The van der Waals surface area contributed by atoms with Crippen LogP contribution < -0.4 is 0 Å². The molecule has 0 saturated heterocycles. The van der Waals surface area contributed by atoms with E-state index in [2.05, 4.69) is 0 Å². The zero-order valence-electron chi connectivity index (χ0n) is 9.29. The Kier molecular flexibility index (Phi) is 5.84. The van der Waals surface area contributed by atoms with Crippen molar-refractivity contribution < 1.29 is 14.3 Å². The Balaban J connectivity index is 4.51. The molecule has 0 atom stereocenters. The van der Waals surface area contributed by atoms with Crippen LogP contribution in [0.15, 0.2) is 11.6 Å². The van der Waals surface area contributed by atoms with E-state index in [-0.39, 0.29) is 11.4 Å². The van der Waals surface area contributed by atoms with Gasteiger partial charge in [0, 0.05) is 0 Å². The summed E-state index contributed by atoms with van der Waals surface area (Å²) in [6.07, 6.45) is 2.37. The number of hydrogen-bond acceptors (Lipinski definition) is 3. The lowest BCUT2D eigenvalue weighted by Gasteiger charge is -2.04. The van der Waals surface area contributed by atoms with Crippen LogP contribution in [0.3, 0.4) is 0 Å². The SMILES string of the molecule is CCOC(=O)C(=CCC(C)C)C(C)=O. The molecule has 0 rings (SSSR count). The summed E-state index contributed by atoms with van der Waals surface area (Å²) in [5, 5.41) is 0. The molecule has 0 fully saturated rings. The van der Waals surface area contributed by atoms with E-state index >= 15 is 0 Å². The van der Waals surface area contributed by atoms with E-state index in [0.717, 1.165) is 0 Å². The van der Waals surface area contributed by atoms with Gasteiger partial charge in [-0.1, -0.05) is 19.9 Å². The fourth-order valence-corrected chi connectivity index (χ4v) is 0.933. The fraction of sp³-hybridized carbons (Fsp3) is 0.636. The first-order valence-electron chi connectivity index (χ1n) is 4.87. The number of carbonyl (C=O) groups is 2. The lowest BCUT2D eigenvalue weighted by Crippen LogP contribution is -2.13. The number of carbonyl (C=O) groups excluding carboxylic acids is 2. The number of Topliss-reactive ketones (excluding diaryl/α,β-unsaturated/α-hetero) is 1. The molecule has 0 heterocycles. The van der Waals surface area contributed by atoms with E-state index in [9.17, 15) is 9.59 Å². The third kappa shape index (κ3) is 4.80. The average Bonchev–Trinajstić information content (AvgIpc) is 2.03. The predicted molar refractivity (Wildman–Crippen MR) is 54.9 cm³/mol. The quantitative estimate of drug-likeness (QED) is 0.294. The van der Waals surface area contributed by atoms with Gasteiger partial charge in [-0.15, -0.1) is 0 Å². The van der Waals surface area contributed by atoms with Crippen molar-refractivity contribution in [2.75, 3.05) is 6.61 Å². The smallest absolute Gasteiger partial charge is 0.341 e. The summed E-state index contributed by atoms with van der Waals surface area (Å²) in [4.78, 5) is 22.4. The molecule has 0 saturated carbocycles. The summed E-state index contributed by atoms with van der Waals surface area (Å²) >= 11 is 0. The van der Waals surface area contributed by atoms with Crippen molar-refractivity contribution in [2.24, 2.45) is 5.92 Å². The van der Waals surface area contributed by atoms with Crippen molar-refractivity contribution >= 4 is 11.8 Å². The van der Waals surface area contributed by atoms with E-state index in [4.69, 9.17) is 4.74 Å². The van der Waals surface area contributed by atoms with Crippen LogP contribution in [-0.2, 0) is 14.3 Å². The molecule has 0 N–H and O–H groups in total. The number of rotatable bonds is 5. The fourth-order valence-electron chi connectivity index (χ4n) is 0.933. The first-order valence-corrected chi connectivity index (χ1v) is 4.87. The highest BCUT2D eigenvalue weighted by Gasteiger charge is 2.14. The number of ketones is 1. The highest BCUT2D eigenvalue weighted by atomic mass is 16.5. The number of hydrogen-bond donors (Lipinski definition) is 0. The second-order valence-electron chi connectivity index (χ2n) is 3.52. The highest BCUT2D eigenvalue weighted by Crippen LogP contribution is 2.07. The summed E-state index contributed by atoms with van der Waals surface area (Å²) < 4.78 is 4.77. The summed E-state index contributed by atoms with van der Waals surface area (Å²) in [5.41, 5.74) is 0.167. The predicted octanol–water partition coefficient (Wildman–Crippen LogP) is 2.11. The molecule has 0 aromatic carbocycles. The third-order valence-electron chi connectivity index (χ3n) is 1.67. The Labute approximate surface area is 85.1 Å². The molecule has 0 aromatic rings. The molecular weight excluding hydrogens is 180 g/mol. The van der Waals surface area contributed by atoms with E-state index in [1.165, 1.54) is 6.92 Å². The molecule has 0 bridgehead atoms. The zero-order chi connectivity index (χ0) is 11.1. The van der Waals surface area contributed by atoms with Crippen LogP contribution in [0.5, 0.6) is 0 Å². The third-order valence-corrected chi connectivity index (χ3v) is 1.67. The van der Waals surface area contributed by atoms with Crippen LogP contribution in [0, 0.1) is 5.92 Å². The van der Waals surface area contributed by atoms with Gasteiger partial charge in [-0.25, -0.2) is 4.79 Å². The molecule has 0 radical (unpaired) electrons. The zero-order valence-corrected chi connectivity index (χ0v) is 9.29. The minimum absolute atomic E-state index is 0.167. The van der Waals surface area contributed by atoms with Crippen molar-refractivity contribution in [3.8, 4) is 0 Å². The molecule has 0 aliphatic carbocycles. The second kappa shape index (κ2) is 6.35. The van der Waals surface area contributed by atoms with Gasteiger partial charge in [0.15, 0.2) is 5.78 Å². The number of esters is 1. The minimum Gasteiger partial charge on any atom is -0.462 e. The second-order valence-corrected chi connectivity index (χ2v) is 3.52. The van der Waals surface area contributed by atoms with Gasteiger partial charge in [-0.3, -0.25) is 4.79 Å². The van der Waals surface area contributed by atoms with Crippen molar-refractivity contribution in [3.63, 3.8) is 0 Å². The Bertz CT molecular complexity index is 239. The normalized spacial score (nSPS) is 11.6. The lowest BCUT2D eigenvalue weighted by molar-refractivity contribution is -0.139. The van der Waals surface area contributed by atoms with Crippen molar-refractivity contribution in [1.29, 1.82) is 0 Å². The van der Waals surface area contributed by atoms with E-state index in [0.29, 0.717) is 18.9 Å². The number of allylic oxidation sites excluding steroid dienone is 1. The molecule has 0 aromatic heterocycles. The summed E-state index contributed by atoms with van der Waals surface area (Å²) in [6, 6.07) is 0. The van der Waals surface area contributed by atoms with E-state index < -0.39 is 5.97 Å². The van der Waals surface area contributed by atoms with Gasteiger partial charge < -0.3 is 4.74 Å². The lowest BCUT2D eigenvalue weighted by atomic mass is 10.1. The Morgan fingerprint density at radius 3 is 2.29 bits per heavy atom. The molecule has 3 heteroatoms. The van der Waals surface area contributed by atoms with Crippen LogP contribution in [0.2, 0.25) is 0 Å². The van der Waals surface area contributed by atoms with Gasteiger partial charge >= 0.3 is 5.97 Å². The molecule has 3 nitrogen and oxygen atoms in total. The van der Waals surface area contributed by atoms with Gasteiger partial charge in [0.1, 0.15) is 0 Å². The molecular formula is C11H18O3. The Morgan fingerprint density at radius 1 is 1.36 bits per heavy atom. The molecule has 0 spiro atoms. The Morgan fingerprint density at radius 2 is 1.93 bits per heavy atom. The van der Waals surface area contributed by atoms with Crippen LogP contribution >= 0.6 is 0 Å². The van der Waals surface area contributed by atoms with Gasteiger partial charge in [0.25, 0.3) is 0 Å². The van der Waals surface area contributed by atoms with Crippen molar-refractivity contribution in [3.05, 3.63) is 11.6 Å². The van der Waals surface area contributed by atoms with Crippen LogP contribution in [0.25, 0.3) is 0 Å². The highest BCUT2D eigenvalue weighted by molar-refractivity contribution is 6.16. The maximum absolute atomic E-state index is 11.3. The van der Waals surface area contributed by atoms with Gasteiger partial charge in [-0.2, -0.15) is 0 Å². The first-order chi connectivity index (χ1) is 6.49. The molecule has 0 aliphatic heterocycles. The molecule has 0 amide bonds. The van der Waals surface area contributed by atoms with Crippen molar-refractivity contribution in [2.45, 2.75) is 34.1 Å². The summed E-state index contributed by atoms with van der Waals surface area (Å²) in [6.45, 7) is 7.45. The van der Waals surface area contributed by atoms with Gasteiger partial charge in [-0.05, 0) is 26.2 Å². The topological polar surface area (TPSA) is 43.4 Å². The van der Waals surface area contributed by atoms with Crippen LogP contribution in [-0.4, -0.2) is 18.4 Å². The summed E-state index contributed by atoms with van der Waals surface area (Å²) in [7, 11) is 0. The van der Waals surface area contributed by atoms with Crippen molar-refractivity contribution in [1.82, 2.24) is 0 Å².